The Hall–Kier alpha value is 0.230. The molecule has 1 rings (SSSR count). The van der Waals surface area contributed by atoms with Crippen LogP contribution in [0, 0.1) is 10.6 Å². The molecule has 0 saturated heterocycles. The highest BCUT2D eigenvalue weighted by atomic mass is 127. The van der Waals surface area contributed by atoms with Crippen molar-refractivity contribution in [2.24, 2.45) is 0 Å². The molecular formula is C17H30ClIN2. The highest BCUT2D eigenvalue weighted by Crippen LogP contribution is 2.34. The van der Waals surface area contributed by atoms with Crippen LogP contribution in [0.3, 0.4) is 0 Å². The summed E-state index contributed by atoms with van der Waals surface area (Å²) in [6, 6.07) is 0. The maximum Gasteiger partial charge on any atom is 0.155 e. The van der Waals surface area contributed by atoms with Gasteiger partial charge in [-0.15, -0.1) is 0 Å². The molecule has 0 radical (unpaired) electrons. The Kier molecular flexibility index (Phi) is 8.62. The van der Waals surface area contributed by atoms with Crippen LogP contribution in [0.15, 0.2) is 0 Å². The highest BCUT2D eigenvalue weighted by molar-refractivity contribution is 14.1. The van der Waals surface area contributed by atoms with Gasteiger partial charge in [-0.2, -0.15) is 5.10 Å². The Labute approximate surface area is 149 Å². The summed E-state index contributed by atoms with van der Waals surface area (Å²) in [6.07, 6.45) is 11.5. The second-order valence-corrected chi connectivity index (χ2v) is 7.76. The van der Waals surface area contributed by atoms with E-state index in [2.05, 4.69) is 60.1 Å². The minimum atomic E-state index is 0.108. The summed E-state index contributed by atoms with van der Waals surface area (Å²) in [4.78, 5) is 0. The first-order valence-electron chi connectivity index (χ1n) is 8.37. The van der Waals surface area contributed by atoms with Crippen molar-refractivity contribution in [2.45, 2.75) is 91.0 Å². The SMILES string of the molecule is CCCCCCCC(C)(CCCC)n1nc(Cl)c(C)c1I. The topological polar surface area (TPSA) is 17.8 Å². The summed E-state index contributed by atoms with van der Waals surface area (Å²) >= 11 is 8.63. The molecule has 0 aromatic carbocycles. The number of nitrogens with zero attached hydrogens (tertiary/aromatic N) is 2. The van der Waals surface area contributed by atoms with Gasteiger partial charge in [0.1, 0.15) is 3.70 Å². The van der Waals surface area contributed by atoms with E-state index in [1.807, 2.05) is 0 Å². The van der Waals surface area contributed by atoms with Crippen LogP contribution in [-0.4, -0.2) is 9.78 Å². The van der Waals surface area contributed by atoms with E-state index < -0.39 is 0 Å². The lowest BCUT2D eigenvalue weighted by Gasteiger charge is -2.31. The largest absolute Gasteiger partial charge is 0.252 e. The molecule has 1 unspecified atom stereocenters. The predicted octanol–water partition coefficient (Wildman–Crippen LogP) is 6.72. The summed E-state index contributed by atoms with van der Waals surface area (Å²) in [5, 5.41) is 5.28. The van der Waals surface area contributed by atoms with Crippen LogP contribution in [0.2, 0.25) is 5.15 Å². The van der Waals surface area contributed by atoms with Crippen LogP contribution >= 0.6 is 34.2 Å². The van der Waals surface area contributed by atoms with Gasteiger partial charge in [0.05, 0.1) is 5.54 Å². The summed E-state index contributed by atoms with van der Waals surface area (Å²) in [5.74, 6) is 0. The molecule has 1 atom stereocenters. The molecule has 0 N–H and O–H groups in total. The third-order valence-electron chi connectivity index (χ3n) is 4.39. The monoisotopic (exact) mass is 424 g/mol. The van der Waals surface area contributed by atoms with Crippen molar-refractivity contribution in [1.29, 1.82) is 0 Å². The van der Waals surface area contributed by atoms with Gasteiger partial charge in [-0.3, -0.25) is 4.68 Å². The summed E-state index contributed by atoms with van der Waals surface area (Å²) < 4.78 is 3.39. The van der Waals surface area contributed by atoms with Crippen molar-refractivity contribution in [2.75, 3.05) is 0 Å². The van der Waals surface area contributed by atoms with E-state index in [0.717, 1.165) is 5.56 Å². The number of halogens is 2. The van der Waals surface area contributed by atoms with Gasteiger partial charge < -0.3 is 0 Å². The molecule has 0 fully saturated rings. The molecule has 0 amide bonds. The van der Waals surface area contributed by atoms with Gasteiger partial charge >= 0.3 is 0 Å². The van der Waals surface area contributed by atoms with Crippen LogP contribution < -0.4 is 0 Å². The van der Waals surface area contributed by atoms with E-state index in [1.165, 1.54) is 61.5 Å². The molecule has 1 aromatic heterocycles. The fraction of sp³-hybridized carbons (Fsp3) is 0.824. The lowest BCUT2D eigenvalue weighted by atomic mass is 9.88. The lowest BCUT2D eigenvalue weighted by molar-refractivity contribution is 0.224. The number of rotatable bonds is 10. The number of hydrogen-bond acceptors (Lipinski definition) is 1. The van der Waals surface area contributed by atoms with E-state index in [-0.39, 0.29) is 5.54 Å². The molecule has 0 aliphatic carbocycles. The number of hydrogen-bond donors (Lipinski definition) is 0. The van der Waals surface area contributed by atoms with Crippen molar-refractivity contribution < 1.29 is 0 Å². The summed E-state index contributed by atoms with van der Waals surface area (Å²) in [6.45, 7) is 8.94. The van der Waals surface area contributed by atoms with Gasteiger partial charge in [-0.25, -0.2) is 0 Å². The van der Waals surface area contributed by atoms with Crippen LogP contribution in [0.5, 0.6) is 0 Å². The summed E-state index contributed by atoms with van der Waals surface area (Å²) in [5.41, 5.74) is 1.22. The molecule has 21 heavy (non-hydrogen) atoms. The zero-order chi connectivity index (χ0) is 15.9. The Bertz CT molecular complexity index is 431. The van der Waals surface area contributed by atoms with Gasteiger partial charge in [0.2, 0.25) is 0 Å². The van der Waals surface area contributed by atoms with Gasteiger partial charge in [-0.1, -0.05) is 70.4 Å². The molecule has 4 heteroatoms. The Morgan fingerprint density at radius 2 is 1.62 bits per heavy atom. The predicted molar refractivity (Wildman–Crippen MR) is 101 cm³/mol. The average molecular weight is 425 g/mol. The van der Waals surface area contributed by atoms with Gasteiger partial charge in [-0.05, 0) is 49.3 Å². The Morgan fingerprint density at radius 3 is 2.14 bits per heavy atom. The van der Waals surface area contributed by atoms with Crippen LogP contribution in [-0.2, 0) is 5.54 Å². The van der Waals surface area contributed by atoms with E-state index in [9.17, 15) is 0 Å². The Morgan fingerprint density at radius 1 is 1.05 bits per heavy atom. The molecular weight excluding hydrogens is 395 g/mol. The normalized spacial score (nSPS) is 14.4. The van der Waals surface area contributed by atoms with E-state index in [1.54, 1.807) is 0 Å². The Balaban J connectivity index is 2.79. The van der Waals surface area contributed by atoms with Gasteiger partial charge in [0, 0.05) is 5.56 Å². The third-order valence-corrected chi connectivity index (χ3v) is 6.02. The van der Waals surface area contributed by atoms with Crippen molar-refractivity contribution in [3.8, 4) is 0 Å². The smallest absolute Gasteiger partial charge is 0.155 e. The zero-order valence-electron chi connectivity index (χ0n) is 14.0. The molecule has 2 nitrogen and oxygen atoms in total. The fourth-order valence-electron chi connectivity index (χ4n) is 2.81. The minimum Gasteiger partial charge on any atom is -0.252 e. The van der Waals surface area contributed by atoms with Crippen molar-refractivity contribution in [3.05, 3.63) is 14.4 Å². The lowest BCUT2D eigenvalue weighted by Crippen LogP contribution is -2.32. The van der Waals surface area contributed by atoms with Gasteiger partial charge in [0.15, 0.2) is 5.15 Å². The fourth-order valence-corrected chi connectivity index (χ4v) is 4.08. The molecule has 0 aliphatic rings. The first kappa shape index (κ1) is 19.3. The molecule has 1 heterocycles. The number of aromatic nitrogens is 2. The average Bonchev–Trinajstić information content (AvgIpc) is 2.73. The third kappa shape index (κ3) is 5.42. The maximum absolute atomic E-state index is 6.24. The molecule has 0 bridgehead atoms. The molecule has 0 aliphatic heterocycles. The molecule has 0 spiro atoms. The van der Waals surface area contributed by atoms with E-state index >= 15 is 0 Å². The molecule has 0 saturated carbocycles. The summed E-state index contributed by atoms with van der Waals surface area (Å²) in [7, 11) is 0. The van der Waals surface area contributed by atoms with Crippen molar-refractivity contribution >= 4 is 34.2 Å². The van der Waals surface area contributed by atoms with E-state index in [4.69, 9.17) is 11.6 Å². The van der Waals surface area contributed by atoms with Gasteiger partial charge in [0.25, 0.3) is 0 Å². The quantitative estimate of drug-likeness (QED) is 0.301. The minimum absolute atomic E-state index is 0.108. The van der Waals surface area contributed by atoms with Crippen molar-refractivity contribution in [1.82, 2.24) is 9.78 Å². The van der Waals surface area contributed by atoms with Crippen molar-refractivity contribution in [3.63, 3.8) is 0 Å². The second-order valence-electron chi connectivity index (χ2n) is 6.38. The molecule has 122 valence electrons. The zero-order valence-corrected chi connectivity index (χ0v) is 16.9. The van der Waals surface area contributed by atoms with E-state index in [0.29, 0.717) is 5.15 Å². The highest BCUT2D eigenvalue weighted by Gasteiger charge is 2.29. The van der Waals surface area contributed by atoms with Crippen LogP contribution in [0.1, 0.15) is 84.1 Å². The molecule has 1 aromatic rings. The first-order chi connectivity index (χ1) is 9.96. The second kappa shape index (κ2) is 9.39. The standard InChI is InChI=1S/C17H30ClIN2/c1-5-7-9-10-11-13-17(4,12-8-6-2)21-16(19)14(3)15(18)20-21/h5-13H2,1-4H3. The van der Waals surface area contributed by atoms with Crippen LogP contribution in [0.25, 0.3) is 0 Å². The number of unbranched alkanes of at least 4 members (excludes halogenated alkanes) is 5. The first-order valence-corrected chi connectivity index (χ1v) is 9.83. The maximum atomic E-state index is 6.24. The van der Waals surface area contributed by atoms with Crippen LogP contribution in [0.4, 0.5) is 0 Å².